The molecule has 114 valence electrons. The molecule has 0 bridgehead atoms. The van der Waals surface area contributed by atoms with Crippen LogP contribution in [0.1, 0.15) is 47.9 Å². The van der Waals surface area contributed by atoms with Gasteiger partial charge >= 0.3 is 0 Å². The summed E-state index contributed by atoms with van der Waals surface area (Å²) in [5.74, 6) is 1.11. The maximum Gasteiger partial charge on any atom is 0.274 e. The van der Waals surface area contributed by atoms with Crippen molar-refractivity contribution in [2.24, 2.45) is 0 Å². The van der Waals surface area contributed by atoms with E-state index in [-0.39, 0.29) is 11.6 Å². The van der Waals surface area contributed by atoms with E-state index in [2.05, 4.69) is 20.4 Å². The van der Waals surface area contributed by atoms with Gasteiger partial charge in [0.25, 0.3) is 5.91 Å². The van der Waals surface area contributed by atoms with Crippen LogP contribution in [-0.2, 0) is 17.6 Å². The van der Waals surface area contributed by atoms with Gasteiger partial charge in [0.15, 0.2) is 17.9 Å². The summed E-state index contributed by atoms with van der Waals surface area (Å²) in [6.07, 6.45) is 2.41. The van der Waals surface area contributed by atoms with Crippen molar-refractivity contribution in [2.45, 2.75) is 32.7 Å². The van der Waals surface area contributed by atoms with E-state index >= 15 is 0 Å². The lowest BCUT2D eigenvalue weighted by molar-refractivity contribution is 0.0926. The van der Waals surface area contributed by atoms with E-state index in [0.29, 0.717) is 36.9 Å². The summed E-state index contributed by atoms with van der Waals surface area (Å²) in [7, 11) is 1.60. The number of ether oxygens (including phenoxy) is 1. The summed E-state index contributed by atoms with van der Waals surface area (Å²) < 4.78 is 15.2. The quantitative estimate of drug-likeness (QED) is 0.820. The molecule has 0 saturated carbocycles. The minimum Gasteiger partial charge on any atom is -0.448 e. The number of aryl methyl sites for hydroxylation is 1. The molecule has 1 atom stereocenters. The number of oxazole rings is 1. The van der Waals surface area contributed by atoms with Gasteiger partial charge in [-0.1, -0.05) is 12.1 Å². The Morgan fingerprint density at radius 3 is 3.05 bits per heavy atom. The third-order valence-corrected chi connectivity index (χ3v) is 2.91. The standard InChI is InChI=1S/C13H18N4O4/c1-4-9-11(14-7-20-9)12(18)15-8(2)13-16-10(17-21-13)5-6-19-3/h7-8H,4-6H2,1-3H3,(H,15,18)/t8-/m1/s1. The molecule has 0 saturated heterocycles. The van der Waals surface area contributed by atoms with Crippen molar-refractivity contribution < 1.29 is 18.5 Å². The lowest BCUT2D eigenvalue weighted by Gasteiger charge is -2.08. The monoisotopic (exact) mass is 294 g/mol. The zero-order valence-corrected chi connectivity index (χ0v) is 12.3. The highest BCUT2D eigenvalue weighted by molar-refractivity contribution is 5.93. The van der Waals surface area contributed by atoms with Gasteiger partial charge in [0.1, 0.15) is 11.8 Å². The highest BCUT2D eigenvalue weighted by Crippen LogP contribution is 2.13. The highest BCUT2D eigenvalue weighted by atomic mass is 16.5. The minimum absolute atomic E-state index is 0.281. The average Bonchev–Trinajstić information content (AvgIpc) is 3.13. The van der Waals surface area contributed by atoms with Crippen LogP contribution in [0.3, 0.4) is 0 Å². The Bertz CT molecular complexity index is 593. The number of hydrogen-bond acceptors (Lipinski definition) is 7. The average molecular weight is 294 g/mol. The van der Waals surface area contributed by atoms with E-state index in [4.69, 9.17) is 13.7 Å². The first-order valence-electron chi connectivity index (χ1n) is 6.70. The Hall–Kier alpha value is -2.22. The van der Waals surface area contributed by atoms with Gasteiger partial charge in [-0.05, 0) is 6.92 Å². The van der Waals surface area contributed by atoms with Crippen LogP contribution in [0.2, 0.25) is 0 Å². The summed E-state index contributed by atoms with van der Waals surface area (Å²) >= 11 is 0. The first-order chi connectivity index (χ1) is 10.2. The van der Waals surface area contributed by atoms with Gasteiger partial charge in [-0.3, -0.25) is 4.79 Å². The fourth-order valence-electron chi connectivity index (χ4n) is 1.77. The minimum atomic E-state index is -0.414. The Labute approximate surface area is 121 Å². The molecule has 1 N–H and O–H groups in total. The molecule has 2 rings (SSSR count). The first-order valence-corrected chi connectivity index (χ1v) is 6.70. The van der Waals surface area contributed by atoms with E-state index in [1.165, 1.54) is 6.39 Å². The summed E-state index contributed by atoms with van der Waals surface area (Å²) in [4.78, 5) is 20.2. The number of nitrogens with one attached hydrogen (secondary N) is 1. The van der Waals surface area contributed by atoms with Crippen molar-refractivity contribution in [1.29, 1.82) is 0 Å². The summed E-state index contributed by atoms with van der Waals surface area (Å²) in [5.41, 5.74) is 0.281. The lowest BCUT2D eigenvalue weighted by Crippen LogP contribution is -2.28. The van der Waals surface area contributed by atoms with Gasteiger partial charge in [0, 0.05) is 20.0 Å². The van der Waals surface area contributed by atoms with Crippen LogP contribution < -0.4 is 5.32 Å². The van der Waals surface area contributed by atoms with E-state index in [0.717, 1.165) is 0 Å². The molecule has 0 unspecified atom stereocenters. The molecule has 8 nitrogen and oxygen atoms in total. The number of amides is 1. The van der Waals surface area contributed by atoms with E-state index < -0.39 is 6.04 Å². The van der Waals surface area contributed by atoms with Crippen molar-refractivity contribution >= 4 is 5.91 Å². The van der Waals surface area contributed by atoms with Gasteiger partial charge in [-0.2, -0.15) is 4.98 Å². The van der Waals surface area contributed by atoms with Crippen LogP contribution in [0.15, 0.2) is 15.3 Å². The molecule has 2 heterocycles. The molecule has 0 aliphatic carbocycles. The highest BCUT2D eigenvalue weighted by Gasteiger charge is 2.21. The van der Waals surface area contributed by atoms with Crippen molar-refractivity contribution in [3.8, 4) is 0 Å². The van der Waals surface area contributed by atoms with Crippen molar-refractivity contribution in [3.05, 3.63) is 29.6 Å². The molecular formula is C13H18N4O4. The van der Waals surface area contributed by atoms with E-state index in [1.54, 1.807) is 14.0 Å². The molecule has 0 aliphatic heterocycles. The maximum absolute atomic E-state index is 12.1. The van der Waals surface area contributed by atoms with Crippen LogP contribution >= 0.6 is 0 Å². The van der Waals surface area contributed by atoms with Gasteiger partial charge in [-0.25, -0.2) is 4.98 Å². The Morgan fingerprint density at radius 2 is 2.33 bits per heavy atom. The second-order valence-electron chi connectivity index (χ2n) is 4.46. The van der Waals surface area contributed by atoms with Crippen LogP contribution in [-0.4, -0.2) is 34.7 Å². The molecule has 2 aromatic rings. The van der Waals surface area contributed by atoms with Crippen LogP contribution in [0.25, 0.3) is 0 Å². The zero-order valence-electron chi connectivity index (χ0n) is 12.3. The number of rotatable bonds is 7. The third kappa shape index (κ3) is 3.66. The van der Waals surface area contributed by atoms with Crippen LogP contribution in [0.5, 0.6) is 0 Å². The maximum atomic E-state index is 12.1. The van der Waals surface area contributed by atoms with Crippen LogP contribution in [0.4, 0.5) is 0 Å². The van der Waals surface area contributed by atoms with Gasteiger partial charge in [0.2, 0.25) is 5.89 Å². The molecule has 8 heteroatoms. The van der Waals surface area contributed by atoms with E-state index in [9.17, 15) is 4.79 Å². The number of hydrogen-bond donors (Lipinski definition) is 1. The molecule has 0 fully saturated rings. The number of carbonyl (C=O) groups excluding carboxylic acids is 1. The fourth-order valence-corrected chi connectivity index (χ4v) is 1.77. The SMILES string of the molecule is CCc1ocnc1C(=O)N[C@H](C)c1nc(CCOC)no1. The normalized spacial score (nSPS) is 12.3. The molecule has 21 heavy (non-hydrogen) atoms. The Morgan fingerprint density at radius 1 is 1.52 bits per heavy atom. The lowest BCUT2D eigenvalue weighted by atomic mass is 10.2. The van der Waals surface area contributed by atoms with Crippen molar-refractivity contribution in [1.82, 2.24) is 20.4 Å². The number of nitrogens with zero attached hydrogens (tertiary/aromatic N) is 3. The predicted molar refractivity (Wildman–Crippen MR) is 71.6 cm³/mol. The number of methoxy groups -OCH3 is 1. The Kier molecular flexibility index (Phi) is 5.04. The molecule has 0 radical (unpaired) electrons. The third-order valence-electron chi connectivity index (χ3n) is 2.91. The zero-order chi connectivity index (χ0) is 15.2. The summed E-state index contributed by atoms with van der Waals surface area (Å²) in [6.45, 7) is 4.16. The molecule has 0 spiro atoms. The van der Waals surface area contributed by atoms with Gasteiger partial charge in [-0.15, -0.1) is 0 Å². The van der Waals surface area contributed by atoms with Crippen molar-refractivity contribution in [3.63, 3.8) is 0 Å². The largest absolute Gasteiger partial charge is 0.448 e. The summed E-state index contributed by atoms with van der Waals surface area (Å²) in [5, 5.41) is 6.58. The van der Waals surface area contributed by atoms with E-state index in [1.807, 2.05) is 6.92 Å². The molecule has 1 amide bonds. The second kappa shape index (κ2) is 6.98. The van der Waals surface area contributed by atoms with Crippen molar-refractivity contribution in [2.75, 3.05) is 13.7 Å². The predicted octanol–water partition coefficient (Wildman–Crippen LogP) is 1.30. The smallest absolute Gasteiger partial charge is 0.274 e. The van der Waals surface area contributed by atoms with Gasteiger partial charge < -0.3 is 19.0 Å². The Balaban J connectivity index is 1.99. The summed E-state index contributed by atoms with van der Waals surface area (Å²) in [6, 6.07) is -0.414. The van der Waals surface area contributed by atoms with Crippen LogP contribution in [0, 0.1) is 0 Å². The molecular weight excluding hydrogens is 276 g/mol. The molecule has 2 aromatic heterocycles. The second-order valence-corrected chi connectivity index (χ2v) is 4.46. The van der Waals surface area contributed by atoms with Gasteiger partial charge in [0.05, 0.1) is 6.61 Å². The molecule has 0 aliphatic rings. The first kappa shape index (κ1) is 15.2. The number of aromatic nitrogens is 3. The number of carbonyl (C=O) groups is 1. The molecule has 0 aromatic carbocycles. The topological polar surface area (TPSA) is 103 Å². The fraction of sp³-hybridized carbons (Fsp3) is 0.538.